The maximum Gasteiger partial charge on any atom is 0.238 e. The zero-order valence-electron chi connectivity index (χ0n) is 18.9. The molecule has 0 radical (unpaired) electrons. The van der Waals surface area contributed by atoms with Gasteiger partial charge in [-0.05, 0) is 42.2 Å². The summed E-state index contributed by atoms with van der Waals surface area (Å²) in [5, 5.41) is 2.96. The highest BCUT2D eigenvalue weighted by Gasteiger charge is 2.17. The van der Waals surface area contributed by atoms with Crippen LogP contribution in [0.1, 0.15) is 15.9 Å². The third-order valence-electron chi connectivity index (χ3n) is 5.61. The summed E-state index contributed by atoms with van der Waals surface area (Å²) in [6, 6.07) is 15.3. The SMILES string of the molecule is CSc1ccc(C(=O)Cc2ccc(-c3ccccc3F)nc2)cc1NC(=O)CN1CCOCC1. The third-order valence-corrected chi connectivity index (χ3v) is 6.40. The van der Waals surface area contributed by atoms with Gasteiger partial charge >= 0.3 is 0 Å². The van der Waals surface area contributed by atoms with E-state index in [4.69, 9.17) is 4.74 Å². The molecule has 1 amide bonds. The first-order chi connectivity index (χ1) is 16.5. The monoisotopic (exact) mass is 479 g/mol. The smallest absolute Gasteiger partial charge is 0.238 e. The normalized spacial score (nSPS) is 14.1. The largest absolute Gasteiger partial charge is 0.379 e. The van der Waals surface area contributed by atoms with Gasteiger partial charge in [-0.15, -0.1) is 11.8 Å². The molecule has 0 unspecified atom stereocenters. The molecule has 2 heterocycles. The summed E-state index contributed by atoms with van der Waals surface area (Å²) in [4.78, 5) is 32.8. The fraction of sp³-hybridized carbons (Fsp3) is 0.269. The predicted octanol–water partition coefficient (Wildman–Crippen LogP) is 4.31. The molecule has 0 saturated carbocycles. The van der Waals surface area contributed by atoms with Gasteiger partial charge in [-0.1, -0.05) is 24.3 Å². The maximum absolute atomic E-state index is 14.0. The van der Waals surface area contributed by atoms with E-state index in [0.717, 1.165) is 23.5 Å². The zero-order valence-corrected chi connectivity index (χ0v) is 19.7. The van der Waals surface area contributed by atoms with Crippen LogP contribution in [0.5, 0.6) is 0 Å². The van der Waals surface area contributed by atoms with E-state index in [1.807, 2.05) is 17.2 Å². The number of Topliss-reactive ketones (excluding diaryl/α,β-unsaturated/α-hetero) is 1. The number of morpholine rings is 1. The Morgan fingerprint density at radius 1 is 1.12 bits per heavy atom. The van der Waals surface area contributed by atoms with Crippen LogP contribution in [0, 0.1) is 5.82 Å². The molecule has 4 rings (SSSR count). The van der Waals surface area contributed by atoms with Crippen LogP contribution in [-0.2, 0) is 16.0 Å². The van der Waals surface area contributed by atoms with Crippen molar-refractivity contribution in [3.05, 3.63) is 77.7 Å². The maximum atomic E-state index is 14.0. The highest BCUT2D eigenvalue weighted by atomic mass is 32.2. The molecular formula is C26H26FN3O3S. The second-order valence-corrected chi connectivity index (χ2v) is 8.83. The van der Waals surface area contributed by atoms with Crippen LogP contribution in [0.15, 0.2) is 65.7 Å². The van der Waals surface area contributed by atoms with Crippen molar-refractivity contribution < 1.29 is 18.7 Å². The molecular weight excluding hydrogens is 453 g/mol. The molecule has 1 N–H and O–H groups in total. The van der Waals surface area contributed by atoms with Gasteiger partial charge in [0.15, 0.2) is 5.78 Å². The quantitative estimate of drug-likeness (QED) is 0.384. The highest BCUT2D eigenvalue weighted by molar-refractivity contribution is 7.98. The number of ketones is 1. The molecule has 0 atom stereocenters. The molecule has 2 aromatic carbocycles. The van der Waals surface area contributed by atoms with E-state index in [0.29, 0.717) is 35.7 Å². The first-order valence-electron chi connectivity index (χ1n) is 11.0. The van der Waals surface area contributed by atoms with Gasteiger partial charge in [0, 0.05) is 41.7 Å². The van der Waals surface area contributed by atoms with Gasteiger partial charge in [0.25, 0.3) is 0 Å². The van der Waals surface area contributed by atoms with E-state index < -0.39 is 0 Å². The zero-order chi connectivity index (χ0) is 23.9. The Hall–Kier alpha value is -3.07. The number of anilines is 1. The second kappa shape index (κ2) is 11.4. The van der Waals surface area contributed by atoms with Gasteiger partial charge in [-0.3, -0.25) is 19.5 Å². The summed E-state index contributed by atoms with van der Waals surface area (Å²) in [6.07, 6.45) is 3.68. The fourth-order valence-electron chi connectivity index (χ4n) is 3.78. The molecule has 0 aliphatic carbocycles. The summed E-state index contributed by atoms with van der Waals surface area (Å²) in [5.74, 6) is -0.539. The number of benzene rings is 2. The molecule has 8 heteroatoms. The van der Waals surface area contributed by atoms with Gasteiger partial charge < -0.3 is 10.1 Å². The number of ether oxygens (including phenoxy) is 1. The van der Waals surface area contributed by atoms with Gasteiger partial charge in [0.05, 0.1) is 31.1 Å². The van der Waals surface area contributed by atoms with Gasteiger partial charge in [0.2, 0.25) is 5.91 Å². The molecule has 1 saturated heterocycles. The summed E-state index contributed by atoms with van der Waals surface area (Å²) in [6.45, 7) is 3.00. The lowest BCUT2D eigenvalue weighted by molar-refractivity contribution is -0.118. The molecule has 3 aromatic rings. The number of nitrogens with one attached hydrogen (secondary N) is 1. The second-order valence-electron chi connectivity index (χ2n) is 7.98. The van der Waals surface area contributed by atoms with Crippen LogP contribution in [0.3, 0.4) is 0 Å². The minimum Gasteiger partial charge on any atom is -0.379 e. The van der Waals surface area contributed by atoms with Crippen molar-refractivity contribution in [2.75, 3.05) is 44.4 Å². The van der Waals surface area contributed by atoms with Crippen LogP contribution >= 0.6 is 11.8 Å². The topological polar surface area (TPSA) is 71.5 Å². The Bertz CT molecular complexity index is 1160. The number of carbonyl (C=O) groups is 2. The van der Waals surface area contributed by atoms with Crippen LogP contribution < -0.4 is 5.32 Å². The van der Waals surface area contributed by atoms with Crippen LogP contribution in [0.25, 0.3) is 11.3 Å². The lowest BCUT2D eigenvalue weighted by Crippen LogP contribution is -2.41. The summed E-state index contributed by atoms with van der Waals surface area (Å²) in [5.41, 5.74) is 2.81. The standard InChI is InChI=1S/C26H26FN3O3S/c1-34-25-9-7-19(15-23(25)29-26(32)17-30-10-12-33-13-11-30)24(31)14-18-6-8-22(28-16-18)20-4-2-3-5-21(20)27/h2-9,15-16H,10-14,17H2,1H3,(H,29,32). The lowest BCUT2D eigenvalue weighted by atomic mass is 10.0. The number of amides is 1. The summed E-state index contributed by atoms with van der Waals surface area (Å²) < 4.78 is 19.3. The van der Waals surface area contributed by atoms with Crippen molar-refractivity contribution in [2.45, 2.75) is 11.3 Å². The fourth-order valence-corrected chi connectivity index (χ4v) is 4.31. The van der Waals surface area contributed by atoms with Crippen LogP contribution in [0.2, 0.25) is 0 Å². The molecule has 0 spiro atoms. The van der Waals surface area contributed by atoms with Crippen molar-refractivity contribution >= 4 is 29.1 Å². The van der Waals surface area contributed by atoms with Gasteiger partial charge in [-0.2, -0.15) is 0 Å². The van der Waals surface area contributed by atoms with Gasteiger partial charge in [0.1, 0.15) is 5.82 Å². The molecule has 0 bridgehead atoms. The predicted molar refractivity (Wildman–Crippen MR) is 132 cm³/mol. The Morgan fingerprint density at radius 2 is 1.91 bits per heavy atom. The Labute approximate surface area is 202 Å². The minimum atomic E-state index is -0.337. The number of hydrogen-bond donors (Lipinski definition) is 1. The van der Waals surface area contributed by atoms with Gasteiger partial charge in [-0.25, -0.2) is 4.39 Å². The number of pyridine rings is 1. The minimum absolute atomic E-state index is 0.0863. The Balaban J connectivity index is 1.43. The third kappa shape index (κ3) is 6.08. The average Bonchev–Trinajstić information content (AvgIpc) is 2.85. The molecule has 1 aliphatic heterocycles. The van der Waals surface area contributed by atoms with Crippen molar-refractivity contribution in [3.63, 3.8) is 0 Å². The summed E-state index contributed by atoms with van der Waals surface area (Å²) in [7, 11) is 0. The van der Waals surface area contributed by atoms with Crippen LogP contribution in [0.4, 0.5) is 10.1 Å². The van der Waals surface area contributed by atoms with E-state index >= 15 is 0 Å². The van der Waals surface area contributed by atoms with E-state index in [1.165, 1.54) is 17.8 Å². The number of hydrogen-bond acceptors (Lipinski definition) is 6. The van der Waals surface area contributed by atoms with Crippen molar-refractivity contribution in [1.82, 2.24) is 9.88 Å². The van der Waals surface area contributed by atoms with Crippen molar-refractivity contribution in [1.29, 1.82) is 0 Å². The first-order valence-corrected chi connectivity index (χ1v) is 12.3. The molecule has 176 valence electrons. The average molecular weight is 480 g/mol. The number of rotatable bonds is 8. The Kier molecular flexibility index (Phi) is 8.05. The lowest BCUT2D eigenvalue weighted by Gasteiger charge is -2.26. The molecule has 1 fully saturated rings. The molecule has 1 aliphatic rings. The van der Waals surface area contributed by atoms with Crippen molar-refractivity contribution in [2.24, 2.45) is 0 Å². The van der Waals surface area contributed by atoms with E-state index in [2.05, 4.69) is 10.3 Å². The number of nitrogens with zero attached hydrogens (tertiary/aromatic N) is 2. The number of aromatic nitrogens is 1. The molecule has 6 nitrogen and oxygen atoms in total. The highest BCUT2D eigenvalue weighted by Crippen LogP contribution is 2.27. The van der Waals surface area contributed by atoms with Crippen LogP contribution in [-0.4, -0.2) is 60.7 Å². The number of thioether (sulfide) groups is 1. The van der Waals surface area contributed by atoms with E-state index in [1.54, 1.807) is 48.7 Å². The summed E-state index contributed by atoms with van der Waals surface area (Å²) >= 11 is 1.51. The Morgan fingerprint density at radius 3 is 2.62 bits per heavy atom. The molecule has 1 aromatic heterocycles. The number of halogens is 1. The first kappa shape index (κ1) is 24.1. The molecule has 34 heavy (non-hydrogen) atoms. The van der Waals surface area contributed by atoms with E-state index in [9.17, 15) is 14.0 Å². The van der Waals surface area contributed by atoms with Crippen molar-refractivity contribution in [3.8, 4) is 11.3 Å². The van der Waals surface area contributed by atoms with E-state index in [-0.39, 0.29) is 30.5 Å². The number of carbonyl (C=O) groups excluding carboxylic acids is 2.